The normalized spacial score (nSPS) is 25.6. The zero-order valence-corrected chi connectivity index (χ0v) is 17.1. The molecule has 8 nitrogen and oxygen atoms in total. The Balaban J connectivity index is 1.25. The Morgan fingerprint density at radius 2 is 1.90 bits per heavy atom. The van der Waals surface area contributed by atoms with Crippen LogP contribution in [0.1, 0.15) is 37.7 Å². The van der Waals surface area contributed by atoms with Gasteiger partial charge in [-0.25, -0.2) is 4.99 Å². The molecule has 1 aromatic carbocycles. The van der Waals surface area contributed by atoms with Crippen molar-refractivity contribution in [2.75, 3.05) is 33.0 Å². The molecule has 5 rings (SSSR count). The van der Waals surface area contributed by atoms with E-state index in [9.17, 15) is 10.1 Å². The minimum Gasteiger partial charge on any atom is -0.454 e. The minimum atomic E-state index is -0.672. The quantitative estimate of drug-likeness (QED) is 0.802. The second-order valence-electron chi connectivity index (χ2n) is 8.60. The Hall–Kier alpha value is -2.79. The zero-order valence-electron chi connectivity index (χ0n) is 17.1. The van der Waals surface area contributed by atoms with Gasteiger partial charge in [-0.15, -0.1) is 0 Å². The number of carbonyl (C=O) groups is 1. The summed E-state index contributed by atoms with van der Waals surface area (Å²) >= 11 is 0. The molecule has 0 radical (unpaired) electrons. The van der Waals surface area contributed by atoms with Gasteiger partial charge in [-0.3, -0.25) is 15.0 Å². The van der Waals surface area contributed by atoms with Crippen LogP contribution in [-0.4, -0.2) is 60.2 Å². The Labute approximate surface area is 176 Å². The van der Waals surface area contributed by atoms with E-state index in [1.807, 2.05) is 6.07 Å². The van der Waals surface area contributed by atoms with Crippen LogP contribution in [0, 0.1) is 17.2 Å². The van der Waals surface area contributed by atoms with Crippen molar-refractivity contribution >= 4 is 11.9 Å². The molecular formula is C22H27N5O3. The van der Waals surface area contributed by atoms with E-state index >= 15 is 0 Å². The van der Waals surface area contributed by atoms with Crippen molar-refractivity contribution in [2.45, 2.75) is 44.2 Å². The first-order valence-corrected chi connectivity index (χ1v) is 10.8. The van der Waals surface area contributed by atoms with Crippen LogP contribution in [0.5, 0.6) is 11.5 Å². The van der Waals surface area contributed by atoms with Crippen molar-refractivity contribution in [3.05, 3.63) is 23.8 Å². The molecule has 30 heavy (non-hydrogen) atoms. The molecule has 1 aromatic rings. The Morgan fingerprint density at radius 3 is 2.67 bits per heavy atom. The smallest absolute Gasteiger partial charge is 0.246 e. The Bertz CT molecular complexity index is 895. The molecule has 1 amide bonds. The summed E-state index contributed by atoms with van der Waals surface area (Å²) in [6.45, 7) is 4.52. The summed E-state index contributed by atoms with van der Waals surface area (Å²) in [5.74, 6) is 1.43. The fraction of sp³-hybridized carbons (Fsp3) is 0.591. The van der Waals surface area contributed by atoms with Crippen LogP contribution < -0.4 is 14.8 Å². The van der Waals surface area contributed by atoms with Crippen LogP contribution >= 0.6 is 0 Å². The third-order valence-electron chi connectivity index (χ3n) is 6.73. The number of hydrogen-bond acceptors (Lipinski definition) is 7. The van der Waals surface area contributed by atoms with Gasteiger partial charge in [0.05, 0.1) is 11.6 Å². The second kappa shape index (κ2) is 7.80. The van der Waals surface area contributed by atoms with Crippen molar-refractivity contribution in [2.24, 2.45) is 10.9 Å². The predicted octanol–water partition coefficient (Wildman–Crippen LogP) is 1.86. The summed E-state index contributed by atoms with van der Waals surface area (Å²) in [5, 5.41) is 12.5. The molecule has 2 fully saturated rings. The number of hydrogen-bond donors (Lipinski definition) is 1. The highest BCUT2D eigenvalue weighted by Crippen LogP contribution is 2.40. The molecule has 1 spiro atoms. The molecule has 158 valence electrons. The van der Waals surface area contributed by atoms with Crippen LogP contribution in [-0.2, 0) is 11.3 Å². The van der Waals surface area contributed by atoms with Gasteiger partial charge < -0.3 is 14.4 Å². The molecule has 8 heteroatoms. The standard InChI is InChI=1S/C22H27N5O3/c23-13-17-20(28)24-21(25-22(17)6-2-1-3-7-22)27-10-8-26(9-11-27)14-16-4-5-18-19(12-16)30-15-29-18/h4-5,12,17H,1-3,6-11,14-15H2,(H,24,25,28). The first-order valence-electron chi connectivity index (χ1n) is 10.8. The summed E-state index contributed by atoms with van der Waals surface area (Å²) in [5.41, 5.74) is 0.669. The largest absolute Gasteiger partial charge is 0.454 e. The molecule has 1 atom stereocenters. The average Bonchev–Trinajstić information content (AvgIpc) is 3.23. The topological polar surface area (TPSA) is 90.2 Å². The van der Waals surface area contributed by atoms with E-state index in [-0.39, 0.29) is 5.91 Å². The number of carbonyl (C=O) groups excluding carboxylic acids is 1. The Kier molecular flexibility index (Phi) is 4.99. The molecule has 1 unspecified atom stereocenters. The van der Waals surface area contributed by atoms with E-state index in [1.165, 1.54) is 5.56 Å². The lowest BCUT2D eigenvalue weighted by Gasteiger charge is -2.43. The number of amides is 1. The molecular weight excluding hydrogens is 382 g/mol. The zero-order chi connectivity index (χ0) is 20.6. The highest BCUT2D eigenvalue weighted by Gasteiger charge is 2.48. The number of ether oxygens (including phenoxy) is 2. The highest BCUT2D eigenvalue weighted by atomic mass is 16.7. The van der Waals surface area contributed by atoms with Crippen LogP contribution in [0.3, 0.4) is 0 Å². The van der Waals surface area contributed by atoms with E-state index in [4.69, 9.17) is 14.5 Å². The van der Waals surface area contributed by atoms with Crippen molar-refractivity contribution in [1.29, 1.82) is 5.26 Å². The van der Waals surface area contributed by atoms with Crippen molar-refractivity contribution in [3.63, 3.8) is 0 Å². The molecule has 4 aliphatic rings. The number of nitriles is 1. The number of nitrogens with one attached hydrogen (secondary N) is 1. The van der Waals surface area contributed by atoms with Crippen molar-refractivity contribution in [3.8, 4) is 17.6 Å². The fourth-order valence-corrected chi connectivity index (χ4v) is 5.04. The summed E-state index contributed by atoms with van der Waals surface area (Å²) in [6, 6.07) is 8.33. The number of piperazine rings is 1. The number of nitrogens with zero attached hydrogens (tertiary/aromatic N) is 4. The van der Waals surface area contributed by atoms with E-state index < -0.39 is 11.5 Å². The molecule has 3 heterocycles. The summed E-state index contributed by atoms with van der Waals surface area (Å²) in [4.78, 5) is 22.2. The fourth-order valence-electron chi connectivity index (χ4n) is 5.04. The van der Waals surface area contributed by atoms with Crippen LogP contribution in [0.2, 0.25) is 0 Å². The lowest BCUT2D eigenvalue weighted by Crippen LogP contribution is -2.60. The third kappa shape index (κ3) is 3.47. The maximum Gasteiger partial charge on any atom is 0.246 e. The number of rotatable bonds is 2. The molecule has 0 bridgehead atoms. The van der Waals surface area contributed by atoms with E-state index in [0.717, 1.165) is 76.3 Å². The first-order chi connectivity index (χ1) is 14.7. The SMILES string of the molecule is N#CC1C(=O)NC(N2CCN(Cc3ccc4c(c3)OCO4)CC2)=NC12CCCCC2. The monoisotopic (exact) mass is 409 g/mol. The van der Waals surface area contributed by atoms with Crippen LogP contribution in [0.25, 0.3) is 0 Å². The van der Waals surface area contributed by atoms with Gasteiger partial charge in [0.15, 0.2) is 17.4 Å². The Morgan fingerprint density at radius 1 is 1.13 bits per heavy atom. The van der Waals surface area contributed by atoms with E-state index in [0.29, 0.717) is 12.8 Å². The van der Waals surface area contributed by atoms with E-state index in [2.05, 4.69) is 33.3 Å². The number of aliphatic imine (C=N–C) groups is 1. The molecule has 1 aliphatic carbocycles. The first kappa shape index (κ1) is 19.2. The number of fused-ring (bicyclic) bond motifs is 1. The van der Waals surface area contributed by atoms with Crippen molar-refractivity contribution < 1.29 is 14.3 Å². The van der Waals surface area contributed by atoms with Gasteiger partial charge >= 0.3 is 0 Å². The molecule has 3 aliphatic heterocycles. The summed E-state index contributed by atoms with van der Waals surface area (Å²) in [7, 11) is 0. The maximum absolute atomic E-state index is 12.7. The van der Waals surface area contributed by atoms with Gasteiger partial charge in [-0.2, -0.15) is 5.26 Å². The van der Waals surface area contributed by atoms with Gasteiger partial charge in [-0.05, 0) is 30.5 Å². The van der Waals surface area contributed by atoms with Gasteiger partial charge in [-0.1, -0.05) is 25.3 Å². The highest BCUT2D eigenvalue weighted by molar-refractivity contribution is 6.02. The number of guanidine groups is 1. The molecule has 0 aromatic heterocycles. The van der Waals surface area contributed by atoms with Gasteiger partial charge in [0.25, 0.3) is 0 Å². The van der Waals surface area contributed by atoms with Crippen LogP contribution in [0.15, 0.2) is 23.2 Å². The number of benzene rings is 1. The molecule has 1 saturated heterocycles. The minimum absolute atomic E-state index is 0.188. The molecule has 1 N–H and O–H groups in total. The van der Waals surface area contributed by atoms with Gasteiger partial charge in [0, 0.05) is 32.7 Å². The second-order valence-corrected chi connectivity index (χ2v) is 8.60. The average molecular weight is 409 g/mol. The van der Waals surface area contributed by atoms with Crippen molar-refractivity contribution in [1.82, 2.24) is 15.1 Å². The summed E-state index contributed by atoms with van der Waals surface area (Å²) < 4.78 is 10.9. The summed E-state index contributed by atoms with van der Waals surface area (Å²) in [6.07, 6.45) is 4.88. The predicted molar refractivity (Wildman–Crippen MR) is 110 cm³/mol. The van der Waals surface area contributed by atoms with Gasteiger partial charge in [0.2, 0.25) is 18.7 Å². The maximum atomic E-state index is 12.7. The lowest BCUT2D eigenvalue weighted by atomic mass is 9.72. The van der Waals surface area contributed by atoms with Crippen LogP contribution in [0.4, 0.5) is 0 Å². The lowest BCUT2D eigenvalue weighted by molar-refractivity contribution is -0.125. The van der Waals surface area contributed by atoms with E-state index in [1.54, 1.807) is 0 Å². The van der Waals surface area contributed by atoms with Gasteiger partial charge in [0.1, 0.15) is 0 Å². The molecule has 1 saturated carbocycles. The third-order valence-corrected chi connectivity index (χ3v) is 6.73.